The monoisotopic (exact) mass is 376 g/mol. The third kappa shape index (κ3) is 5.41. The molecule has 1 N–H and O–H groups in total. The zero-order chi connectivity index (χ0) is 16.7. The van der Waals surface area contributed by atoms with Crippen molar-refractivity contribution in [1.29, 1.82) is 0 Å². The Morgan fingerprint density at radius 3 is 2.65 bits per heavy atom. The van der Waals surface area contributed by atoms with Crippen LogP contribution in [0.1, 0.15) is 12.5 Å². The minimum absolute atomic E-state index is 0.327. The highest BCUT2D eigenvalue weighted by Gasteiger charge is 2.13. The summed E-state index contributed by atoms with van der Waals surface area (Å²) in [5.74, 6) is 1.02. The van der Waals surface area contributed by atoms with Crippen molar-refractivity contribution in [3.63, 3.8) is 0 Å². The van der Waals surface area contributed by atoms with Gasteiger partial charge in [-0.2, -0.15) is 5.10 Å². The number of hydrogen-bond acceptors (Lipinski definition) is 4. The Bertz CT molecular complexity index is 686. The Balaban J connectivity index is 1.88. The quantitative estimate of drug-likeness (QED) is 0.620. The maximum absolute atomic E-state index is 11.9. The average molecular weight is 377 g/mol. The second-order valence-corrected chi connectivity index (χ2v) is 5.64. The van der Waals surface area contributed by atoms with Gasteiger partial charge in [0, 0.05) is 4.47 Å². The molecule has 2 rings (SSSR count). The third-order valence-electron chi connectivity index (χ3n) is 2.98. The smallest absolute Gasteiger partial charge is 0.280 e. The summed E-state index contributed by atoms with van der Waals surface area (Å²) in [6.45, 7) is 1.67. The number of ether oxygens (including phenoxy) is 2. The Hall–Kier alpha value is -2.34. The minimum atomic E-state index is -0.654. The second kappa shape index (κ2) is 8.33. The summed E-state index contributed by atoms with van der Waals surface area (Å²) in [7, 11) is 1.60. The molecule has 120 valence electrons. The van der Waals surface area contributed by atoms with Gasteiger partial charge in [0.1, 0.15) is 11.5 Å². The molecule has 0 aromatic heterocycles. The van der Waals surface area contributed by atoms with Gasteiger partial charge in [0.05, 0.1) is 13.3 Å². The molecule has 0 saturated heterocycles. The van der Waals surface area contributed by atoms with Gasteiger partial charge in [-0.15, -0.1) is 0 Å². The third-order valence-corrected chi connectivity index (χ3v) is 3.51. The first-order valence-corrected chi connectivity index (χ1v) is 7.77. The van der Waals surface area contributed by atoms with Gasteiger partial charge in [0.25, 0.3) is 5.91 Å². The van der Waals surface area contributed by atoms with Gasteiger partial charge in [0.15, 0.2) is 6.10 Å². The molecular weight excluding hydrogens is 360 g/mol. The minimum Gasteiger partial charge on any atom is -0.497 e. The van der Waals surface area contributed by atoms with Crippen LogP contribution < -0.4 is 14.9 Å². The van der Waals surface area contributed by atoms with Crippen LogP contribution in [0.15, 0.2) is 58.1 Å². The predicted octanol–water partition coefficient (Wildman–Crippen LogP) is 3.38. The number of amides is 1. The maximum atomic E-state index is 11.9. The molecule has 5 nitrogen and oxygen atoms in total. The van der Waals surface area contributed by atoms with E-state index in [1.54, 1.807) is 32.4 Å². The van der Waals surface area contributed by atoms with Gasteiger partial charge in [-0.25, -0.2) is 5.43 Å². The molecule has 0 aliphatic carbocycles. The first-order chi connectivity index (χ1) is 11.1. The summed E-state index contributed by atoms with van der Waals surface area (Å²) in [6.07, 6.45) is 0.894. The summed E-state index contributed by atoms with van der Waals surface area (Å²) in [5.41, 5.74) is 3.28. The predicted molar refractivity (Wildman–Crippen MR) is 93.0 cm³/mol. The molecule has 0 radical (unpaired) electrons. The zero-order valence-corrected chi connectivity index (χ0v) is 14.4. The summed E-state index contributed by atoms with van der Waals surface area (Å²) in [4.78, 5) is 11.9. The molecule has 0 aliphatic rings. The SMILES string of the molecule is COc1cccc(/C=N\NC(=O)[C@H](C)Oc2ccc(Br)cc2)c1. The molecule has 0 saturated carbocycles. The Kier molecular flexibility index (Phi) is 6.17. The van der Waals surface area contributed by atoms with E-state index < -0.39 is 6.10 Å². The first-order valence-electron chi connectivity index (χ1n) is 6.97. The lowest BCUT2D eigenvalue weighted by atomic mass is 10.2. The fourth-order valence-corrected chi connectivity index (χ4v) is 2.02. The lowest BCUT2D eigenvalue weighted by Crippen LogP contribution is -2.33. The van der Waals surface area contributed by atoms with E-state index in [1.807, 2.05) is 36.4 Å². The molecule has 1 amide bonds. The van der Waals surface area contributed by atoms with Crippen molar-refractivity contribution in [2.45, 2.75) is 13.0 Å². The highest BCUT2D eigenvalue weighted by Crippen LogP contribution is 2.17. The van der Waals surface area contributed by atoms with Crippen molar-refractivity contribution in [3.05, 3.63) is 58.6 Å². The number of halogens is 1. The molecule has 0 unspecified atom stereocenters. The summed E-state index contributed by atoms with van der Waals surface area (Å²) in [6, 6.07) is 14.6. The van der Waals surface area contributed by atoms with Gasteiger partial charge < -0.3 is 9.47 Å². The van der Waals surface area contributed by atoms with Gasteiger partial charge in [-0.3, -0.25) is 4.79 Å². The Labute approximate surface area is 143 Å². The molecule has 2 aromatic rings. The Morgan fingerprint density at radius 2 is 1.96 bits per heavy atom. The van der Waals surface area contributed by atoms with Crippen molar-refractivity contribution < 1.29 is 14.3 Å². The van der Waals surface area contributed by atoms with Crippen molar-refractivity contribution in [2.75, 3.05) is 7.11 Å². The van der Waals surface area contributed by atoms with Crippen molar-refractivity contribution in [3.8, 4) is 11.5 Å². The van der Waals surface area contributed by atoms with Crippen LogP contribution in [0, 0.1) is 0 Å². The fraction of sp³-hybridized carbons (Fsp3) is 0.176. The van der Waals surface area contributed by atoms with Crippen LogP contribution in [0.5, 0.6) is 11.5 Å². The lowest BCUT2D eigenvalue weighted by molar-refractivity contribution is -0.127. The van der Waals surface area contributed by atoms with Crippen LogP contribution in [0.4, 0.5) is 0 Å². The highest BCUT2D eigenvalue weighted by molar-refractivity contribution is 9.10. The number of hydrazone groups is 1. The van der Waals surface area contributed by atoms with Crippen LogP contribution in [0.2, 0.25) is 0 Å². The number of hydrogen-bond donors (Lipinski definition) is 1. The summed E-state index contributed by atoms with van der Waals surface area (Å²) >= 11 is 3.34. The average Bonchev–Trinajstić information content (AvgIpc) is 2.57. The molecule has 2 aromatic carbocycles. The molecule has 0 heterocycles. The number of nitrogens with one attached hydrogen (secondary N) is 1. The largest absolute Gasteiger partial charge is 0.497 e. The van der Waals surface area contributed by atoms with E-state index in [0.717, 1.165) is 15.8 Å². The highest BCUT2D eigenvalue weighted by atomic mass is 79.9. The normalized spacial score (nSPS) is 12.0. The number of nitrogens with zero attached hydrogens (tertiary/aromatic N) is 1. The maximum Gasteiger partial charge on any atom is 0.280 e. The molecule has 0 aliphatic heterocycles. The summed E-state index contributed by atoms with van der Waals surface area (Å²) in [5, 5.41) is 3.93. The molecule has 1 atom stereocenters. The van der Waals surface area contributed by atoms with E-state index in [-0.39, 0.29) is 5.91 Å². The number of methoxy groups -OCH3 is 1. The fourth-order valence-electron chi connectivity index (χ4n) is 1.75. The van der Waals surface area contributed by atoms with Crippen molar-refractivity contribution in [1.82, 2.24) is 5.43 Å². The van der Waals surface area contributed by atoms with Crippen LogP contribution >= 0.6 is 15.9 Å². The number of carbonyl (C=O) groups is 1. The molecule has 23 heavy (non-hydrogen) atoms. The molecule has 0 fully saturated rings. The van der Waals surface area contributed by atoms with Crippen LogP contribution in [-0.2, 0) is 4.79 Å². The van der Waals surface area contributed by atoms with Crippen molar-refractivity contribution >= 4 is 28.1 Å². The standard InChI is InChI=1S/C17H17BrN2O3/c1-12(23-15-8-6-14(18)7-9-15)17(21)20-19-11-13-4-3-5-16(10-13)22-2/h3-12H,1-2H3,(H,20,21)/b19-11-/t12-/m0/s1. The molecular formula is C17H17BrN2O3. The van der Waals surface area contributed by atoms with E-state index in [9.17, 15) is 4.79 Å². The van der Waals surface area contributed by atoms with Gasteiger partial charge >= 0.3 is 0 Å². The number of carbonyl (C=O) groups excluding carboxylic acids is 1. The van der Waals surface area contributed by atoms with Crippen molar-refractivity contribution in [2.24, 2.45) is 5.10 Å². The molecule has 0 spiro atoms. The van der Waals surface area contributed by atoms with Gasteiger partial charge in [0.2, 0.25) is 0 Å². The van der Waals surface area contributed by atoms with Crippen LogP contribution in [-0.4, -0.2) is 25.3 Å². The van der Waals surface area contributed by atoms with E-state index >= 15 is 0 Å². The van der Waals surface area contributed by atoms with E-state index in [2.05, 4.69) is 26.5 Å². The topological polar surface area (TPSA) is 59.9 Å². The van der Waals surface area contributed by atoms with E-state index in [1.165, 1.54) is 0 Å². The van der Waals surface area contributed by atoms with Gasteiger partial charge in [-0.1, -0.05) is 28.1 Å². The Morgan fingerprint density at radius 1 is 1.22 bits per heavy atom. The van der Waals surface area contributed by atoms with Crippen LogP contribution in [0.3, 0.4) is 0 Å². The second-order valence-electron chi connectivity index (χ2n) is 4.72. The molecule has 6 heteroatoms. The number of benzene rings is 2. The summed E-state index contributed by atoms with van der Waals surface area (Å²) < 4.78 is 11.6. The zero-order valence-electron chi connectivity index (χ0n) is 12.8. The van der Waals surface area contributed by atoms with Gasteiger partial charge in [-0.05, 0) is 48.9 Å². The first kappa shape index (κ1) is 17.0. The van der Waals surface area contributed by atoms with Crippen LogP contribution in [0.25, 0.3) is 0 Å². The van der Waals surface area contributed by atoms with E-state index in [4.69, 9.17) is 9.47 Å². The molecule has 0 bridgehead atoms. The number of rotatable bonds is 6. The van der Waals surface area contributed by atoms with E-state index in [0.29, 0.717) is 5.75 Å². The lowest BCUT2D eigenvalue weighted by Gasteiger charge is -2.12.